The van der Waals surface area contributed by atoms with Gasteiger partial charge in [0.25, 0.3) is 0 Å². The van der Waals surface area contributed by atoms with Gasteiger partial charge in [0.2, 0.25) is 0 Å². The molecular weight excluding hydrogens is 363 g/mol. The number of ether oxygens (including phenoxy) is 1. The van der Waals surface area contributed by atoms with Crippen molar-refractivity contribution in [2.75, 3.05) is 20.7 Å². The summed E-state index contributed by atoms with van der Waals surface area (Å²) >= 11 is 6.25. The molecule has 2 heterocycles. The van der Waals surface area contributed by atoms with Crippen LogP contribution >= 0.6 is 11.6 Å². The minimum absolute atomic E-state index is 0.217. The van der Waals surface area contributed by atoms with Crippen molar-refractivity contribution in [2.24, 2.45) is 0 Å². The van der Waals surface area contributed by atoms with E-state index in [1.807, 2.05) is 22.8 Å². The molecule has 4 rings (SSSR count). The van der Waals surface area contributed by atoms with Gasteiger partial charge >= 0.3 is 0 Å². The third-order valence-corrected chi connectivity index (χ3v) is 5.55. The number of benzene rings is 2. The molecule has 0 saturated carbocycles. The van der Waals surface area contributed by atoms with Gasteiger partial charge in [-0.3, -0.25) is 9.47 Å². The fraction of sp³-hybridized carbons (Fsp3) is 0.273. The molecule has 0 bridgehead atoms. The molecule has 0 aliphatic carbocycles. The normalized spacial score (nSPS) is 16.7. The molecule has 3 nitrogen and oxygen atoms in total. The van der Waals surface area contributed by atoms with E-state index in [4.69, 9.17) is 16.3 Å². The Morgan fingerprint density at radius 2 is 2.04 bits per heavy atom. The first-order valence-corrected chi connectivity index (χ1v) is 9.26. The number of rotatable bonds is 1. The molecule has 0 spiro atoms. The van der Waals surface area contributed by atoms with Crippen molar-refractivity contribution in [3.8, 4) is 17.7 Å². The molecule has 1 unspecified atom stereocenters. The highest BCUT2D eigenvalue weighted by molar-refractivity contribution is 6.31. The number of hydrogen-bond acceptors (Lipinski definition) is 2. The molecule has 0 N–H and O–H groups in total. The van der Waals surface area contributed by atoms with Crippen molar-refractivity contribution >= 4 is 22.5 Å². The monoisotopic (exact) mass is 382 g/mol. The molecule has 0 saturated heterocycles. The second kappa shape index (κ2) is 6.92. The van der Waals surface area contributed by atoms with Gasteiger partial charge in [0.15, 0.2) is 11.6 Å². The molecule has 1 atom stereocenters. The Hall–Kier alpha value is -2.48. The lowest BCUT2D eigenvalue weighted by Crippen LogP contribution is -2.31. The molecule has 2 aromatic carbocycles. The second-order valence-electron chi connectivity index (χ2n) is 6.85. The van der Waals surface area contributed by atoms with Crippen molar-refractivity contribution in [2.45, 2.75) is 19.4 Å². The topological polar surface area (TPSA) is 17.4 Å². The molecule has 27 heavy (non-hydrogen) atoms. The van der Waals surface area contributed by atoms with Crippen LogP contribution in [0.25, 0.3) is 10.9 Å². The number of aromatic nitrogens is 1. The Kier molecular flexibility index (Phi) is 4.59. The van der Waals surface area contributed by atoms with Crippen LogP contribution in [0.4, 0.5) is 4.39 Å². The highest BCUT2D eigenvalue weighted by atomic mass is 35.5. The van der Waals surface area contributed by atoms with Gasteiger partial charge in [0.05, 0.1) is 18.3 Å². The zero-order valence-corrected chi connectivity index (χ0v) is 16.3. The van der Waals surface area contributed by atoms with E-state index in [1.54, 1.807) is 12.1 Å². The first-order valence-electron chi connectivity index (χ1n) is 8.88. The Labute approximate surface area is 163 Å². The minimum Gasteiger partial charge on any atom is -0.494 e. The highest BCUT2D eigenvalue weighted by Gasteiger charge is 2.27. The fourth-order valence-electron chi connectivity index (χ4n) is 3.72. The summed E-state index contributed by atoms with van der Waals surface area (Å²) in [4.78, 5) is 2.31. The van der Waals surface area contributed by atoms with Crippen LogP contribution < -0.4 is 4.74 Å². The van der Waals surface area contributed by atoms with Gasteiger partial charge < -0.3 is 4.74 Å². The van der Waals surface area contributed by atoms with E-state index in [-0.39, 0.29) is 11.8 Å². The van der Waals surface area contributed by atoms with Crippen LogP contribution in [0.2, 0.25) is 5.02 Å². The van der Waals surface area contributed by atoms with Crippen molar-refractivity contribution < 1.29 is 9.13 Å². The third kappa shape index (κ3) is 3.07. The lowest BCUT2D eigenvalue weighted by atomic mass is 9.99. The quantitative estimate of drug-likeness (QED) is 0.560. The third-order valence-electron chi connectivity index (χ3n) is 5.31. The van der Waals surface area contributed by atoms with Gasteiger partial charge in [-0.1, -0.05) is 11.6 Å². The van der Waals surface area contributed by atoms with Crippen LogP contribution in [0, 0.1) is 17.8 Å². The van der Waals surface area contributed by atoms with E-state index in [2.05, 4.69) is 30.8 Å². The standard InChI is InChI=1S/C22H20ClFN2O/c1-14-22-17(9-10-25(14)2)18-13-16(23)5-6-20(18)26(22)11-8-15-4-7-21(27-3)19(24)12-15/h4-7,12-14H,9-10H2,1-3H3. The smallest absolute Gasteiger partial charge is 0.166 e. The number of halogens is 2. The molecule has 0 fully saturated rings. The Balaban J connectivity index is 1.89. The van der Waals surface area contributed by atoms with Crippen LogP contribution in [0.15, 0.2) is 36.4 Å². The first kappa shape index (κ1) is 17.9. The molecule has 3 aromatic rings. The molecule has 1 aliphatic heterocycles. The predicted octanol–water partition coefficient (Wildman–Crippen LogP) is 4.85. The van der Waals surface area contributed by atoms with Crippen LogP contribution in [0.3, 0.4) is 0 Å². The molecular formula is C22H20ClFN2O. The van der Waals surface area contributed by atoms with Crippen LogP contribution in [-0.4, -0.2) is 30.2 Å². The van der Waals surface area contributed by atoms with Crippen molar-refractivity contribution in [3.63, 3.8) is 0 Å². The summed E-state index contributed by atoms with van der Waals surface area (Å²) in [5, 5.41) is 1.87. The van der Waals surface area contributed by atoms with Crippen LogP contribution in [0.1, 0.15) is 29.8 Å². The molecule has 138 valence electrons. The maximum Gasteiger partial charge on any atom is 0.166 e. The highest BCUT2D eigenvalue weighted by Crippen LogP contribution is 2.36. The average molecular weight is 383 g/mol. The number of hydrogen-bond donors (Lipinski definition) is 0. The molecule has 0 amide bonds. The largest absolute Gasteiger partial charge is 0.494 e. The maximum absolute atomic E-state index is 14.0. The van der Waals surface area contributed by atoms with Crippen LogP contribution in [0.5, 0.6) is 5.75 Å². The summed E-state index contributed by atoms with van der Waals surface area (Å²) in [5.41, 5.74) is 4.12. The Bertz CT molecular complexity index is 1090. The van der Waals surface area contributed by atoms with E-state index in [9.17, 15) is 4.39 Å². The SMILES string of the molecule is COc1ccc(C#Cn2c3c(c4cc(Cl)ccc42)CCN(C)C3C)cc1F. The summed E-state index contributed by atoms with van der Waals surface area (Å²) in [7, 11) is 3.57. The molecule has 1 aliphatic rings. The Morgan fingerprint density at radius 1 is 1.22 bits per heavy atom. The van der Waals surface area contributed by atoms with E-state index >= 15 is 0 Å². The number of likely N-dealkylation sites (N-methyl/N-ethyl adjacent to an activating group) is 1. The van der Waals surface area contributed by atoms with Crippen LogP contribution in [-0.2, 0) is 6.42 Å². The van der Waals surface area contributed by atoms with E-state index in [0.717, 1.165) is 28.9 Å². The lowest BCUT2D eigenvalue weighted by Gasteiger charge is -2.30. The predicted molar refractivity (Wildman–Crippen MR) is 107 cm³/mol. The summed E-state index contributed by atoms with van der Waals surface area (Å²) < 4.78 is 21.0. The summed E-state index contributed by atoms with van der Waals surface area (Å²) in [5.74, 6) is 2.90. The van der Waals surface area contributed by atoms with Crippen molar-refractivity contribution in [3.05, 3.63) is 64.1 Å². The summed E-state index contributed by atoms with van der Waals surface area (Å²) in [6.45, 7) is 3.18. The number of nitrogens with zero attached hydrogens (tertiary/aromatic N) is 2. The first-order chi connectivity index (χ1) is 13.0. The van der Waals surface area contributed by atoms with Crippen molar-refractivity contribution in [1.82, 2.24) is 9.47 Å². The lowest BCUT2D eigenvalue weighted by molar-refractivity contribution is 0.242. The van der Waals surface area contributed by atoms with Gasteiger partial charge in [-0.25, -0.2) is 4.39 Å². The zero-order chi connectivity index (χ0) is 19.1. The Morgan fingerprint density at radius 3 is 2.78 bits per heavy atom. The fourth-order valence-corrected chi connectivity index (χ4v) is 3.90. The molecule has 0 radical (unpaired) electrons. The number of methoxy groups -OCH3 is 1. The zero-order valence-electron chi connectivity index (χ0n) is 15.5. The van der Waals surface area contributed by atoms with Crippen molar-refractivity contribution in [1.29, 1.82) is 0 Å². The maximum atomic E-state index is 14.0. The van der Waals surface area contributed by atoms with Gasteiger partial charge in [-0.15, -0.1) is 0 Å². The summed E-state index contributed by atoms with van der Waals surface area (Å²) in [6, 6.07) is 14.1. The average Bonchev–Trinajstić information content (AvgIpc) is 2.96. The van der Waals surface area contributed by atoms with Gasteiger partial charge in [-0.2, -0.15) is 0 Å². The van der Waals surface area contributed by atoms with Gasteiger partial charge in [0.1, 0.15) is 0 Å². The van der Waals surface area contributed by atoms with Gasteiger partial charge in [-0.05, 0) is 68.3 Å². The molecule has 1 aromatic heterocycles. The van der Waals surface area contributed by atoms with E-state index < -0.39 is 5.82 Å². The second-order valence-corrected chi connectivity index (χ2v) is 7.29. The number of fused-ring (bicyclic) bond motifs is 3. The van der Waals surface area contributed by atoms with E-state index in [1.165, 1.54) is 24.4 Å². The molecule has 5 heteroatoms. The minimum atomic E-state index is -0.413. The van der Waals surface area contributed by atoms with E-state index in [0.29, 0.717) is 5.56 Å². The summed E-state index contributed by atoms with van der Waals surface area (Å²) in [6.07, 6.45) is 0.957. The van der Waals surface area contributed by atoms with Gasteiger partial charge in [0, 0.05) is 34.6 Å².